The summed E-state index contributed by atoms with van der Waals surface area (Å²) < 4.78 is 24.4. The summed E-state index contributed by atoms with van der Waals surface area (Å²) in [5, 5.41) is 0. The van der Waals surface area contributed by atoms with Crippen molar-refractivity contribution in [1.29, 1.82) is 0 Å². The van der Waals surface area contributed by atoms with Crippen LogP contribution in [0.3, 0.4) is 0 Å². The molecular formula is H5MgO4V. The van der Waals surface area contributed by atoms with Gasteiger partial charge in [0, 0.05) is 0 Å². The van der Waals surface area contributed by atoms with E-state index in [1.54, 1.807) is 0 Å². The van der Waals surface area contributed by atoms with Crippen LogP contribution in [0.15, 0.2) is 0 Å². The maximum atomic E-state index is 8.67. The summed E-state index contributed by atoms with van der Waals surface area (Å²) in [7, 11) is 0. The second kappa shape index (κ2) is 9.30. The molecule has 6 heavy (non-hydrogen) atoms. The van der Waals surface area contributed by atoms with Gasteiger partial charge < -0.3 is 8.33 Å². The quantitative estimate of drug-likeness (QED) is 0.408. The molecule has 0 saturated carbocycles. The van der Waals surface area contributed by atoms with Crippen molar-refractivity contribution in [2.45, 2.75) is 0 Å². The molecule has 0 fully saturated rings. The Morgan fingerprint density at radius 1 is 1.50 bits per heavy atom. The molecule has 3 N–H and O–H groups in total. The number of hydrogen-bond acceptors (Lipinski definition) is 2. The van der Waals surface area contributed by atoms with Crippen LogP contribution < -0.4 is 0 Å². The Balaban J connectivity index is -0.00000000750. The van der Waals surface area contributed by atoms with Gasteiger partial charge in [-0.3, -0.25) is 0 Å². The Bertz CT molecular complexity index is 62.4. The average Bonchev–Trinajstić information content (AvgIpc) is 0.811. The van der Waals surface area contributed by atoms with Crippen LogP contribution in [0.5, 0.6) is 0 Å². The fraction of sp³-hybridized carbons (Fsp3) is 0. The predicted molar refractivity (Wildman–Crippen MR) is 15.2 cm³/mol. The summed E-state index contributed by atoms with van der Waals surface area (Å²) in [6, 6.07) is 0. The molecule has 0 aromatic carbocycles. The first-order valence-electron chi connectivity index (χ1n) is 0.565. The van der Waals surface area contributed by atoms with Crippen LogP contribution in [0.25, 0.3) is 0 Å². The maximum absolute atomic E-state index is 8.67. The molecule has 0 heterocycles. The molecule has 0 aliphatic rings. The van der Waals surface area contributed by atoms with E-state index in [2.05, 4.69) is 0 Å². The first kappa shape index (κ1) is 15.8. The van der Waals surface area contributed by atoms with Crippen molar-refractivity contribution in [3.8, 4) is 0 Å². The van der Waals surface area contributed by atoms with E-state index in [4.69, 9.17) is 11.4 Å². The Kier molecular flexibility index (Phi) is 24.5. The van der Waals surface area contributed by atoms with Gasteiger partial charge in [0.25, 0.3) is 0 Å². The third-order valence-corrected chi connectivity index (χ3v) is 0. The molecule has 0 aliphatic carbocycles. The molecule has 0 unspecified atom stereocenters. The fourth-order valence-electron chi connectivity index (χ4n) is 0. The molecule has 0 radical (unpaired) electrons. The molecule has 0 saturated heterocycles. The predicted octanol–water partition coefficient (Wildman–Crippen LogP) is -1.78. The van der Waals surface area contributed by atoms with Gasteiger partial charge in [-0.2, -0.15) is 0 Å². The van der Waals surface area contributed by atoms with Gasteiger partial charge in [0.05, 0.1) is 0 Å². The number of rotatable bonds is 0. The van der Waals surface area contributed by atoms with Gasteiger partial charge in [0.2, 0.25) is 0 Å². The van der Waals surface area contributed by atoms with Crippen LogP contribution in [0.4, 0.5) is 0 Å². The molecule has 0 aliphatic heterocycles. The summed E-state index contributed by atoms with van der Waals surface area (Å²) in [5.74, 6) is 0. The van der Waals surface area contributed by atoms with Gasteiger partial charge in [-0.15, -0.1) is 0 Å². The molecule has 0 aromatic heterocycles. The molecule has 0 amide bonds. The minimum absolute atomic E-state index is 0. The summed E-state index contributed by atoms with van der Waals surface area (Å²) in [6.45, 7) is 0. The molecule has 36 valence electrons. The summed E-state index contributed by atoms with van der Waals surface area (Å²) >= 11 is -3.69. The molecule has 0 rings (SSSR count). The summed E-state index contributed by atoms with van der Waals surface area (Å²) in [6.07, 6.45) is 0. The van der Waals surface area contributed by atoms with E-state index in [1.165, 1.54) is 0 Å². The van der Waals surface area contributed by atoms with E-state index in [0.29, 0.717) is 0 Å². The van der Waals surface area contributed by atoms with Crippen LogP contribution in [-0.2, 0) is 22.7 Å². The minimum atomic E-state index is -3.69. The van der Waals surface area contributed by atoms with Gasteiger partial charge in [0.1, 0.15) is 0 Å². The summed E-state index contributed by atoms with van der Waals surface area (Å²) in [5.41, 5.74) is 0. The molecular weight excluding hydrogens is 139 g/mol. The average molecular weight is 144 g/mol. The zero-order valence-corrected chi connectivity index (χ0v) is 5.73. The monoisotopic (exact) mass is 144 g/mol. The molecule has 0 aromatic rings. The zero-order valence-electron chi connectivity index (χ0n) is 4.92. The van der Waals surface area contributed by atoms with Crippen LogP contribution in [-0.4, -0.2) is 32.6 Å². The van der Waals surface area contributed by atoms with Gasteiger partial charge in [-0.05, 0) is 0 Å². The van der Waals surface area contributed by atoms with Crippen molar-refractivity contribution in [3.05, 3.63) is 0 Å². The van der Waals surface area contributed by atoms with Crippen LogP contribution in [0.1, 0.15) is 2.85 Å². The third-order valence-electron chi connectivity index (χ3n) is 0. The van der Waals surface area contributed by atoms with Gasteiger partial charge in [-0.25, -0.2) is 0 Å². The molecule has 0 spiro atoms. The standard InChI is InChI=1S/Mg.2H2O.2O.V.2H/h;2*1H2;;;;;/q+2;;;;;+1;2*-1/p-1. The van der Waals surface area contributed by atoms with Crippen molar-refractivity contribution >= 4 is 23.1 Å². The first-order chi connectivity index (χ1) is 1.73. The Morgan fingerprint density at radius 2 is 1.50 bits per heavy atom. The van der Waals surface area contributed by atoms with E-state index in [9.17, 15) is 0 Å². The van der Waals surface area contributed by atoms with Crippen molar-refractivity contribution in [2.75, 3.05) is 0 Å². The normalized spacial score (nSPS) is 4.17. The zero-order chi connectivity index (χ0) is 3.58. The Morgan fingerprint density at radius 3 is 1.50 bits per heavy atom. The molecule has 0 bridgehead atoms. The van der Waals surface area contributed by atoms with Crippen molar-refractivity contribution in [1.82, 2.24) is 0 Å². The summed E-state index contributed by atoms with van der Waals surface area (Å²) in [4.78, 5) is 0. The topological polar surface area (TPSA) is 85.9 Å². The van der Waals surface area contributed by atoms with Crippen molar-refractivity contribution in [3.63, 3.8) is 0 Å². The Labute approximate surface area is 58.3 Å². The Hall–Kier alpha value is 0.871. The van der Waals surface area contributed by atoms with Gasteiger partial charge in [-0.1, -0.05) is 0 Å². The van der Waals surface area contributed by atoms with Crippen LogP contribution in [0.2, 0.25) is 0 Å². The SMILES string of the molecule is O.[H-].[H-].[Mg+2].[O]=[V](=[O])[OH]. The molecule has 0 atom stereocenters. The second-order valence-corrected chi connectivity index (χ2v) is 0.981. The molecule has 4 nitrogen and oxygen atoms in total. The van der Waals surface area contributed by atoms with Crippen LogP contribution >= 0.6 is 0 Å². The number of hydrogen-bond donors (Lipinski definition) is 1. The van der Waals surface area contributed by atoms with E-state index in [-0.39, 0.29) is 31.4 Å². The van der Waals surface area contributed by atoms with Crippen molar-refractivity contribution < 1.29 is 35.1 Å². The molecule has 6 heteroatoms. The second-order valence-electron chi connectivity index (χ2n) is 0.238. The van der Waals surface area contributed by atoms with E-state index in [0.717, 1.165) is 0 Å². The van der Waals surface area contributed by atoms with Gasteiger partial charge in [0.15, 0.2) is 0 Å². The first-order valence-corrected chi connectivity index (χ1v) is 2.33. The van der Waals surface area contributed by atoms with E-state index < -0.39 is 15.4 Å². The fourth-order valence-corrected chi connectivity index (χ4v) is 0. The third kappa shape index (κ3) is 96.3. The van der Waals surface area contributed by atoms with E-state index in [1.807, 2.05) is 0 Å². The van der Waals surface area contributed by atoms with Crippen LogP contribution in [0, 0.1) is 0 Å². The van der Waals surface area contributed by atoms with Gasteiger partial charge >= 0.3 is 49.8 Å². The van der Waals surface area contributed by atoms with Crippen molar-refractivity contribution in [2.24, 2.45) is 0 Å². The van der Waals surface area contributed by atoms with E-state index >= 15 is 0 Å².